The van der Waals surface area contributed by atoms with Gasteiger partial charge in [0.1, 0.15) is 0 Å². The fourth-order valence-corrected chi connectivity index (χ4v) is 4.84. The highest BCUT2D eigenvalue weighted by atomic mass is 32.1. The molecule has 0 saturated heterocycles. The van der Waals surface area contributed by atoms with Gasteiger partial charge in [-0.05, 0) is 43.2 Å². The molecule has 28 heavy (non-hydrogen) atoms. The second-order valence-corrected chi connectivity index (χ2v) is 8.28. The Labute approximate surface area is 169 Å². The topological polar surface area (TPSA) is 86.7 Å². The van der Waals surface area contributed by atoms with E-state index in [1.165, 1.54) is 23.5 Å². The molecule has 7 nitrogen and oxygen atoms in total. The number of hydrogen-bond donors (Lipinski definition) is 0. The van der Waals surface area contributed by atoms with E-state index in [9.17, 15) is 14.9 Å². The zero-order chi connectivity index (χ0) is 20.3. The predicted molar refractivity (Wildman–Crippen MR) is 112 cm³/mol. The molecule has 0 saturated carbocycles. The van der Waals surface area contributed by atoms with Gasteiger partial charge >= 0.3 is 5.00 Å². The van der Waals surface area contributed by atoms with Crippen molar-refractivity contribution in [2.24, 2.45) is 4.99 Å². The fraction of sp³-hybridized carbons (Fsp3) is 0.263. The molecule has 0 atom stereocenters. The number of fused-ring (bicyclic) bond motifs is 1. The van der Waals surface area contributed by atoms with E-state index in [0.29, 0.717) is 22.8 Å². The van der Waals surface area contributed by atoms with E-state index >= 15 is 0 Å². The highest BCUT2D eigenvalue weighted by Gasteiger charge is 2.11. The van der Waals surface area contributed by atoms with E-state index < -0.39 is 10.8 Å². The lowest BCUT2D eigenvalue weighted by atomic mass is 10.1. The molecule has 0 radical (unpaired) electrons. The number of ether oxygens (including phenoxy) is 1. The maximum atomic E-state index is 12.4. The van der Waals surface area contributed by atoms with Crippen LogP contribution < -0.4 is 4.80 Å². The Morgan fingerprint density at radius 1 is 1.32 bits per heavy atom. The standard InChI is InChI=1S/C19H19N3O4S2/c1-12-10-13(2)18-15(11-12)28-19(21(18)8-9-26-3)20-16(23)6-4-14-5-7-17(27-14)22(24)25/h4-7,10-11H,8-9H2,1-3H3/b6-4+,20-19?. The molecular weight excluding hydrogens is 398 g/mol. The third-order valence-corrected chi connectivity index (χ3v) is 6.05. The number of benzene rings is 1. The maximum absolute atomic E-state index is 12.4. The van der Waals surface area contributed by atoms with Crippen LogP contribution in [-0.4, -0.2) is 29.1 Å². The lowest BCUT2D eigenvalue weighted by Crippen LogP contribution is -2.19. The van der Waals surface area contributed by atoms with Gasteiger partial charge in [-0.2, -0.15) is 4.99 Å². The summed E-state index contributed by atoms with van der Waals surface area (Å²) in [7, 11) is 1.64. The van der Waals surface area contributed by atoms with Crippen molar-refractivity contribution < 1.29 is 14.5 Å². The molecule has 0 bridgehead atoms. The first-order valence-electron chi connectivity index (χ1n) is 8.49. The van der Waals surface area contributed by atoms with E-state index in [1.807, 2.05) is 18.4 Å². The van der Waals surface area contributed by atoms with Crippen LogP contribution in [0.4, 0.5) is 5.00 Å². The van der Waals surface area contributed by atoms with Gasteiger partial charge in [-0.25, -0.2) is 0 Å². The third kappa shape index (κ3) is 4.44. The van der Waals surface area contributed by atoms with Crippen molar-refractivity contribution in [3.63, 3.8) is 0 Å². The fourth-order valence-electron chi connectivity index (χ4n) is 2.88. The van der Waals surface area contributed by atoms with Gasteiger partial charge < -0.3 is 9.30 Å². The van der Waals surface area contributed by atoms with Crippen LogP contribution in [0.2, 0.25) is 0 Å². The minimum absolute atomic E-state index is 0.0387. The molecule has 1 aromatic carbocycles. The van der Waals surface area contributed by atoms with Crippen LogP contribution in [0.15, 0.2) is 35.3 Å². The smallest absolute Gasteiger partial charge is 0.324 e. The molecule has 0 aliphatic heterocycles. The molecule has 0 aliphatic carbocycles. The average molecular weight is 418 g/mol. The van der Waals surface area contributed by atoms with Gasteiger partial charge in [0.2, 0.25) is 0 Å². The molecule has 3 rings (SSSR count). The molecular formula is C19H19N3O4S2. The second-order valence-electron chi connectivity index (χ2n) is 6.17. The number of hydrogen-bond acceptors (Lipinski definition) is 6. The average Bonchev–Trinajstić information content (AvgIpc) is 3.23. The molecule has 146 valence electrons. The lowest BCUT2D eigenvalue weighted by Gasteiger charge is -2.07. The molecule has 0 spiro atoms. The van der Waals surface area contributed by atoms with Gasteiger partial charge in [0.15, 0.2) is 4.80 Å². The first-order valence-corrected chi connectivity index (χ1v) is 10.1. The molecule has 0 unspecified atom stereocenters. The molecule has 0 aliphatic rings. The van der Waals surface area contributed by atoms with E-state index in [2.05, 4.69) is 17.1 Å². The number of aromatic nitrogens is 1. The predicted octanol–water partition coefficient (Wildman–Crippen LogP) is 4.08. The Kier molecular flexibility index (Phi) is 6.18. The van der Waals surface area contributed by atoms with Crippen LogP contribution >= 0.6 is 22.7 Å². The van der Waals surface area contributed by atoms with Crippen LogP contribution in [0.1, 0.15) is 16.0 Å². The Hall–Kier alpha value is -2.62. The van der Waals surface area contributed by atoms with E-state index in [-0.39, 0.29) is 5.00 Å². The van der Waals surface area contributed by atoms with Crippen LogP contribution in [0.3, 0.4) is 0 Å². The summed E-state index contributed by atoms with van der Waals surface area (Å²) in [6, 6.07) is 7.21. The molecule has 1 amide bonds. The summed E-state index contributed by atoms with van der Waals surface area (Å²) >= 11 is 2.47. The van der Waals surface area contributed by atoms with Crippen molar-refractivity contribution in [1.29, 1.82) is 0 Å². The van der Waals surface area contributed by atoms with Gasteiger partial charge in [-0.3, -0.25) is 14.9 Å². The Balaban J connectivity index is 1.97. The molecule has 0 fully saturated rings. The number of aryl methyl sites for hydroxylation is 2. The van der Waals surface area contributed by atoms with Crippen LogP contribution in [0, 0.1) is 24.0 Å². The van der Waals surface area contributed by atoms with E-state index in [4.69, 9.17) is 4.74 Å². The summed E-state index contributed by atoms with van der Waals surface area (Å²) < 4.78 is 8.27. The number of nitrogens with zero attached hydrogens (tertiary/aromatic N) is 3. The number of nitro groups is 1. The summed E-state index contributed by atoms with van der Waals surface area (Å²) in [5.41, 5.74) is 3.33. The Bertz CT molecular complexity index is 1140. The molecule has 9 heteroatoms. The third-order valence-electron chi connectivity index (χ3n) is 4.02. The summed E-state index contributed by atoms with van der Waals surface area (Å²) in [6.45, 7) is 5.18. The van der Waals surface area contributed by atoms with Crippen molar-refractivity contribution in [2.75, 3.05) is 13.7 Å². The summed E-state index contributed by atoms with van der Waals surface area (Å²) in [5.74, 6) is -0.414. The first kappa shape index (κ1) is 20.1. The number of thiazole rings is 1. The lowest BCUT2D eigenvalue weighted by molar-refractivity contribution is -0.380. The Morgan fingerprint density at radius 2 is 2.11 bits per heavy atom. The quantitative estimate of drug-likeness (QED) is 0.344. The van der Waals surface area contributed by atoms with E-state index in [1.54, 1.807) is 19.3 Å². The maximum Gasteiger partial charge on any atom is 0.324 e. The largest absolute Gasteiger partial charge is 0.383 e. The number of carbonyl (C=O) groups excluding carboxylic acids is 1. The molecule has 0 N–H and O–H groups in total. The van der Waals surface area contributed by atoms with Crippen LogP contribution in [-0.2, 0) is 16.1 Å². The molecule has 2 aromatic heterocycles. The van der Waals surface area contributed by atoms with Crippen LogP contribution in [0.25, 0.3) is 16.3 Å². The summed E-state index contributed by atoms with van der Waals surface area (Å²) in [5, 5.41) is 10.8. The van der Waals surface area contributed by atoms with Gasteiger partial charge in [-0.15, -0.1) is 0 Å². The molecule has 2 heterocycles. The van der Waals surface area contributed by atoms with Crippen molar-refractivity contribution in [3.05, 3.63) is 61.3 Å². The number of carbonyl (C=O) groups is 1. The van der Waals surface area contributed by atoms with Crippen molar-refractivity contribution in [3.8, 4) is 0 Å². The van der Waals surface area contributed by atoms with Crippen molar-refractivity contribution >= 4 is 49.9 Å². The number of amides is 1. The highest BCUT2D eigenvalue weighted by molar-refractivity contribution is 7.16. The SMILES string of the molecule is COCCn1c(=NC(=O)/C=C/c2ccc([N+](=O)[O-])s2)sc2cc(C)cc(C)c21. The van der Waals surface area contributed by atoms with Crippen molar-refractivity contribution in [1.82, 2.24) is 4.57 Å². The second kappa shape index (κ2) is 8.59. The number of rotatable bonds is 6. The van der Waals surface area contributed by atoms with Crippen LogP contribution in [0.5, 0.6) is 0 Å². The van der Waals surface area contributed by atoms with E-state index in [0.717, 1.165) is 32.7 Å². The number of thiophene rings is 1. The minimum atomic E-state index is -0.450. The Morgan fingerprint density at radius 3 is 2.79 bits per heavy atom. The molecule has 3 aromatic rings. The minimum Gasteiger partial charge on any atom is -0.383 e. The monoisotopic (exact) mass is 417 g/mol. The van der Waals surface area contributed by atoms with Gasteiger partial charge in [0.05, 0.1) is 21.7 Å². The summed E-state index contributed by atoms with van der Waals surface area (Å²) in [6.07, 6.45) is 2.88. The van der Waals surface area contributed by atoms with Gasteiger partial charge in [0, 0.05) is 30.7 Å². The first-order chi connectivity index (χ1) is 13.4. The normalized spacial score (nSPS) is 12.3. The number of methoxy groups -OCH3 is 1. The zero-order valence-corrected chi connectivity index (χ0v) is 17.3. The summed E-state index contributed by atoms with van der Waals surface area (Å²) in [4.78, 5) is 28.1. The van der Waals surface area contributed by atoms with Gasteiger partial charge in [-0.1, -0.05) is 28.7 Å². The van der Waals surface area contributed by atoms with Crippen molar-refractivity contribution in [2.45, 2.75) is 20.4 Å². The van der Waals surface area contributed by atoms with Gasteiger partial charge in [0.25, 0.3) is 5.91 Å². The zero-order valence-electron chi connectivity index (χ0n) is 15.7. The highest BCUT2D eigenvalue weighted by Crippen LogP contribution is 2.25.